The SMILES string of the molecule is O=C(c1cccc(Cl)c1)N1C[C@H](C(=O)N2CCCC2)C2(CCOCC2)C1. The largest absolute Gasteiger partial charge is 0.381 e. The monoisotopic (exact) mass is 376 g/mol. The number of ether oxygens (including phenoxy) is 1. The van der Waals surface area contributed by atoms with Gasteiger partial charge in [-0.1, -0.05) is 17.7 Å². The maximum atomic E-state index is 13.2. The molecule has 140 valence electrons. The van der Waals surface area contributed by atoms with Crippen molar-refractivity contribution in [1.29, 1.82) is 0 Å². The second-order valence-corrected chi connectivity index (χ2v) is 8.19. The Labute approximate surface area is 159 Å². The van der Waals surface area contributed by atoms with Crippen molar-refractivity contribution in [2.45, 2.75) is 25.7 Å². The summed E-state index contributed by atoms with van der Waals surface area (Å²) in [4.78, 5) is 30.1. The van der Waals surface area contributed by atoms with Crippen LogP contribution in [0.4, 0.5) is 0 Å². The van der Waals surface area contributed by atoms with Gasteiger partial charge >= 0.3 is 0 Å². The summed E-state index contributed by atoms with van der Waals surface area (Å²) in [5.41, 5.74) is 0.445. The van der Waals surface area contributed by atoms with Crippen LogP contribution in [0.25, 0.3) is 0 Å². The lowest BCUT2D eigenvalue weighted by Gasteiger charge is -2.38. The maximum absolute atomic E-state index is 13.2. The van der Waals surface area contributed by atoms with Gasteiger partial charge in [0.2, 0.25) is 5.91 Å². The van der Waals surface area contributed by atoms with Crippen molar-refractivity contribution in [3.05, 3.63) is 34.9 Å². The summed E-state index contributed by atoms with van der Waals surface area (Å²) < 4.78 is 5.56. The zero-order valence-electron chi connectivity index (χ0n) is 15.0. The van der Waals surface area contributed by atoms with Crippen molar-refractivity contribution in [3.63, 3.8) is 0 Å². The molecule has 4 rings (SSSR count). The summed E-state index contributed by atoms with van der Waals surface area (Å²) in [6.45, 7) is 4.17. The van der Waals surface area contributed by atoms with Gasteiger partial charge in [0.1, 0.15) is 0 Å². The molecule has 0 unspecified atom stereocenters. The lowest BCUT2D eigenvalue weighted by molar-refractivity contribution is -0.139. The number of halogens is 1. The lowest BCUT2D eigenvalue weighted by Crippen LogP contribution is -2.45. The fourth-order valence-electron chi connectivity index (χ4n) is 4.71. The quantitative estimate of drug-likeness (QED) is 0.797. The van der Waals surface area contributed by atoms with Crippen molar-refractivity contribution in [2.24, 2.45) is 11.3 Å². The molecule has 0 radical (unpaired) electrons. The summed E-state index contributed by atoms with van der Waals surface area (Å²) in [5.74, 6) is 0.0773. The maximum Gasteiger partial charge on any atom is 0.253 e. The highest BCUT2D eigenvalue weighted by Gasteiger charge is 2.52. The molecule has 0 bridgehead atoms. The molecule has 3 heterocycles. The minimum atomic E-state index is -0.147. The molecule has 0 saturated carbocycles. The van der Waals surface area contributed by atoms with E-state index in [9.17, 15) is 9.59 Å². The topological polar surface area (TPSA) is 49.9 Å². The molecule has 5 nitrogen and oxygen atoms in total. The van der Waals surface area contributed by atoms with Crippen LogP contribution in [0.3, 0.4) is 0 Å². The first-order chi connectivity index (χ1) is 12.6. The molecule has 0 aromatic heterocycles. The molecular weight excluding hydrogens is 352 g/mol. The summed E-state index contributed by atoms with van der Waals surface area (Å²) in [5, 5.41) is 0.556. The lowest BCUT2D eigenvalue weighted by atomic mass is 9.71. The normalized spacial score (nSPS) is 25.0. The van der Waals surface area contributed by atoms with Crippen LogP contribution in [0.2, 0.25) is 5.02 Å². The number of rotatable bonds is 2. The molecule has 0 aliphatic carbocycles. The number of hydrogen-bond donors (Lipinski definition) is 0. The van der Waals surface area contributed by atoms with E-state index in [2.05, 4.69) is 0 Å². The highest BCUT2D eigenvalue weighted by molar-refractivity contribution is 6.30. The average molecular weight is 377 g/mol. The Morgan fingerprint density at radius 1 is 1.12 bits per heavy atom. The Kier molecular flexibility index (Phi) is 4.93. The Balaban J connectivity index is 1.58. The minimum Gasteiger partial charge on any atom is -0.381 e. The first kappa shape index (κ1) is 17.8. The number of hydrogen-bond acceptors (Lipinski definition) is 3. The average Bonchev–Trinajstić information content (AvgIpc) is 3.30. The molecule has 1 aromatic carbocycles. The summed E-state index contributed by atoms with van der Waals surface area (Å²) in [6, 6.07) is 7.06. The molecule has 1 atom stereocenters. The van der Waals surface area contributed by atoms with E-state index >= 15 is 0 Å². The van der Waals surface area contributed by atoms with Crippen molar-refractivity contribution in [1.82, 2.24) is 9.80 Å². The number of carbonyl (C=O) groups excluding carboxylic acids is 2. The third-order valence-electron chi connectivity index (χ3n) is 6.21. The first-order valence-corrected chi connectivity index (χ1v) is 9.88. The molecule has 3 aliphatic heterocycles. The van der Waals surface area contributed by atoms with Crippen LogP contribution in [0, 0.1) is 11.3 Å². The number of nitrogens with zero attached hydrogens (tertiary/aromatic N) is 2. The van der Waals surface area contributed by atoms with Crippen molar-refractivity contribution in [3.8, 4) is 0 Å². The van der Waals surface area contributed by atoms with E-state index in [0.29, 0.717) is 36.9 Å². The molecule has 1 aromatic rings. The van der Waals surface area contributed by atoms with Crippen molar-refractivity contribution in [2.75, 3.05) is 39.4 Å². The molecule has 0 N–H and O–H groups in total. The van der Waals surface area contributed by atoms with Crippen molar-refractivity contribution >= 4 is 23.4 Å². The number of carbonyl (C=O) groups is 2. The van der Waals surface area contributed by atoms with Crippen LogP contribution in [-0.4, -0.2) is 61.0 Å². The van der Waals surface area contributed by atoms with E-state index < -0.39 is 0 Å². The van der Waals surface area contributed by atoms with E-state index in [0.717, 1.165) is 38.8 Å². The zero-order chi connectivity index (χ0) is 18.1. The first-order valence-electron chi connectivity index (χ1n) is 9.50. The molecule has 3 aliphatic rings. The van der Waals surface area contributed by atoms with E-state index in [1.165, 1.54) is 0 Å². The van der Waals surface area contributed by atoms with Gasteiger partial charge in [-0.3, -0.25) is 9.59 Å². The number of amides is 2. The number of likely N-dealkylation sites (tertiary alicyclic amines) is 2. The van der Waals surface area contributed by atoms with Crippen LogP contribution in [0.15, 0.2) is 24.3 Å². The van der Waals surface area contributed by atoms with Gasteiger partial charge in [0, 0.05) is 55.4 Å². The molecule has 26 heavy (non-hydrogen) atoms. The molecule has 3 saturated heterocycles. The minimum absolute atomic E-state index is 0.0323. The number of benzene rings is 1. The van der Waals surface area contributed by atoms with Gasteiger partial charge < -0.3 is 14.5 Å². The molecule has 1 spiro atoms. The van der Waals surface area contributed by atoms with Crippen LogP contribution in [-0.2, 0) is 9.53 Å². The van der Waals surface area contributed by atoms with E-state index in [1.54, 1.807) is 24.3 Å². The van der Waals surface area contributed by atoms with Crippen LogP contribution < -0.4 is 0 Å². The molecule has 6 heteroatoms. The van der Waals surface area contributed by atoms with Gasteiger partial charge in [-0.2, -0.15) is 0 Å². The second-order valence-electron chi connectivity index (χ2n) is 7.76. The summed E-state index contributed by atoms with van der Waals surface area (Å²) in [7, 11) is 0. The van der Waals surface area contributed by atoms with Crippen LogP contribution >= 0.6 is 11.6 Å². The fourth-order valence-corrected chi connectivity index (χ4v) is 4.90. The van der Waals surface area contributed by atoms with E-state index in [4.69, 9.17) is 16.3 Å². The van der Waals surface area contributed by atoms with Gasteiger partial charge in [-0.05, 0) is 43.9 Å². The Hall–Kier alpha value is -1.59. The van der Waals surface area contributed by atoms with Gasteiger partial charge in [-0.25, -0.2) is 0 Å². The zero-order valence-corrected chi connectivity index (χ0v) is 15.7. The molecule has 2 amide bonds. The third kappa shape index (κ3) is 3.23. The van der Waals surface area contributed by atoms with Crippen LogP contribution in [0.1, 0.15) is 36.0 Å². The smallest absolute Gasteiger partial charge is 0.253 e. The van der Waals surface area contributed by atoms with Gasteiger partial charge in [-0.15, -0.1) is 0 Å². The van der Waals surface area contributed by atoms with Gasteiger partial charge in [0.15, 0.2) is 0 Å². The van der Waals surface area contributed by atoms with Gasteiger partial charge in [0.25, 0.3) is 5.91 Å². The van der Waals surface area contributed by atoms with E-state index in [1.807, 2.05) is 9.80 Å². The third-order valence-corrected chi connectivity index (χ3v) is 6.45. The second kappa shape index (κ2) is 7.20. The predicted molar refractivity (Wildman–Crippen MR) is 99.1 cm³/mol. The molecule has 3 fully saturated rings. The Morgan fingerprint density at radius 3 is 2.54 bits per heavy atom. The summed E-state index contributed by atoms with van der Waals surface area (Å²) >= 11 is 6.05. The highest BCUT2D eigenvalue weighted by atomic mass is 35.5. The van der Waals surface area contributed by atoms with Crippen molar-refractivity contribution < 1.29 is 14.3 Å². The summed E-state index contributed by atoms with van der Waals surface area (Å²) in [6.07, 6.45) is 3.85. The Morgan fingerprint density at radius 2 is 1.85 bits per heavy atom. The fraction of sp³-hybridized carbons (Fsp3) is 0.600. The Bertz CT molecular complexity index is 696. The highest BCUT2D eigenvalue weighted by Crippen LogP contribution is 2.45. The van der Waals surface area contributed by atoms with Crippen LogP contribution in [0.5, 0.6) is 0 Å². The van der Waals surface area contributed by atoms with Gasteiger partial charge in [0.05, 0.1) is 5.92 Å². The van der Waals surface area contributed by atoms with E-state index in [-0.39, 0.29) is 23.1 Å². The standard InChI is InChI=1S/C20H25ClN2O3/c21-16-5-3-4-15(12-16)18(24)23-13-17(19(25)22-8-1-2-9-22)20(14-23)6-10-26-11-7-20/h3-5,12,17H,1-2,6-11,13-14H2/t17-/m1/s1. The predicted octanol–water partition coefficient (Wildman–Crippen LogP) is 2.83. The molecular formula is C20H25ClN2O3.